The lowest BCUT2D eigenvalue weighted by Gasteiger charge is -2.10. The van der Waals surface area contributed by atoms with Gasteiger partial charge in [-0.05, 0) is 6.42 Å². The maximum atomic E-state index is 5.35. The van der Waals surface area contributed by atoms with Crippen molar-refractivity contribution in [3.05, 3.63) is 24.5 Å². The summed E-state index contributed by atoms with van der Waals surface area (Å²) < 4.78 is 5.35. The second-order valence-electron chi connectivity index (χ2n) is 2.60. The van der Waals surface area contributed by atoms with Crippen LogP contribution in [0.3, 0.4) is 0 Å². The molecule has 0 amide bonds. The van der Waals surface area contributed by atoms with Gasteiger partial charge in [-0.1, -0.05) is 19.6 Å². The molecule has 14 heavy (non-hydrogen) atoms. The number of nitrogens with one attached hydrogen (secondary N) is 1. The number of hydrogen-bond donors (Lipinski definition) is 2. The predicted molar refractivity (Wildman–Crippen MR) is 54.9 cm³/mol. The molecule has 0 spiro atoms. The summed E-state index contributed by atoms with van der Waals surface area (Å²) in [6.07, 6.45) is 3.83. The molecule has 0 saturated carbocycles. The van der Waals surface area contributed by atoms with Gasteiger partial charge in [0.2, 0.25) is 5.88 Å². The highest BCUT2D eigenvalue weighted by Crippen LogP contribution is 2.21. The van der Waals surface area contributed by atoms with Gasteiger partial charge in [0, 0.05) is 0 Å². The third-order valence-corrected chi connectivity index (χ3v) is 1.73. The summed E-state index contributed by atoms with van der Waals surface area (Å²) in [6, 6.07) is 0. The molecular weight excluding hydrogens is 180 g/mol. The van der Waals surface area contributed by atoms with Gasteiger partial charge in [-0.15, -0.1) is 0 Å². The minimum Gasteiger partial charge on any atom is -0.473 e. The number of hydrogen-bond acceptors (Lipinski definition) is 5. The molecule has 0 atom stereocenters. The summed E-state index contributed by atoms with van der Waals surface area (Å²) in [4.78, 5) is 8.00. The third-order valence-electron chi connectivity index (χ3n) is 1.73. The first-order chi connectivity index (χ1) is 6.83. The molecule has 0 aliphatic carbocycles. The summed E-state index contributed by atoms with van der Waals surface area (Å²) in [5, 5.41) is 0. The van der Waals surface area contributed by atoms with Crippen LogP contribution in [0, 0.1) is 0 Å². The smallest absolute Gasteiger partial charge is 0.222 e. The quantitative estimate of drug-likeness (QED) is 0.413. The Kier molecular flexibility index (Phi) is 3.87. The van der Waals surface area contributed by atoms with Crippen molar-refractivity contribution in [2.45, 2.75) is 13.3 Å². The fourth-order valence-corrected chi connectivity index (χ4v) is 1.10. The Morgan fingerprint density at radius 3 is 3.00 bits per heavy atom. The Labute approximate surface area is 83.0 Å². The minimum atomic E-state index is 0.425. The lowest BCUT2D eigenvalue weighted by atomic mass is 10.2. The molecule has 1 rings (SSSR count). The van der Waals surface area contributed by atoms with Crippen molar-refractivity contribution in [3.63, 3.8) is 0 Å². The SMILES string of the molecule is C=CCOc1ncnc(NN)c1CC. The molecule has 0 saturated heterocycles. The molecule has 0 aliphatic heterocycles. The number of aromatic nitrogens is 2. The summed E-state index contributed by atoms with van der Waals surface area (Å²) in [5.41, 5.74) is 3.38. The van der Waals surface area contributed by atoms with Crippen molar-refractivity contribution in [2.24, 2.45) is 5.84 Å². The highest BCUT2D eigenvalue weighted by atomic mass is 16.5. The summed E-state index contributed by atoms with van der Waals surface area (Å²) >= 11 is 0. The third kappa shape index (κ3) is 2.20. The molecule has 1 aromatic heterocycles. The van der Waals surface area contributed by atoms with Crippen molar-refractivity contribution in [1.82, 2.24) is 9.97 Å². The molecule has 0 aliphatic rings. The maximum Gasteiger partial charge on any atom is 0.222 e. The van der Waals surface area contributed by atoms with Crippen LogP contribution in [-0.4, -0.2) is 16.6 Å². The first-order valence-electron chi connectivity index (χ1n) is 4.37. The number of nitrogen functional groups attached to an aromatic ring is 1. The van der Waals surface area contributed by atoms with Crippen LogP contribution in [0.1, 0.15) is 12.5 Å². The first kappa shape index (κ1) is 10.5. The van der Waals surface area contributed by atoms with E-state index in [0.717, 1.165) is 12.0 Å². The molecule has 0 aromatic carbocycles. The lowest BCUT2D eigenvalue weighted by Crippen LogP contribution is -2.12. The van der Waals surface area contributed by atoms with E-state index in [-0.39, 0.29) is 0 Å². The highest BCUT2D eigenvalue weighted by molar-refractivity contribution is 5.47. The standard InChI is InChI=1S/C9H14N4O/c1-3-5-14-9-7(4-2)8(13-10)11-6-12-9/h3,6H,1,4-5,10H2,2H3,(H,11,12,13). The zero-order valence-electron chi connectivity index (χ0n) is 8.16. The molecule has 3 N–H and O–H groups in total. The fourth-order valence-electron chi connectivity index (χ4n) is 1.10. The van der Waals surface area contributed by atoms with Crippen LogP contribution in [-0.2, 0) is 6.42 Å². The Morgan fingerprint density at radius 1 is 1.64 bits per heavy atom. The van der Waals surface area contributed by atoms with Crippen LogP contribution in [0.2, 0.25) is 0 Å². The molecule has 1 aromatic rings. The Hall–Kier alpha value is -1.62. The molecule has 76 valence electrons. The van der Waals surface area contributed by atoms with Crippen LogP contribution < -0.4 is 16.0 Å². The zero-order valence-corrected chi connectivity index (χ0v) is 8.16. The van der Waals surface area contributed by atoms with Gasteiger partial charge in [0.25, 0.3) is 0 Å². The van der Waals surface area contributed by atoms with Gasteiger partial charge >= 0.3 is 0 Å². The van der Waals surface area contributed by atoms with E-state index in [9.17, 15) is 0 Å². The highest BCUT2D eigenvalue weighted by Gasteiger charge is 2.08. The first-order valence-corrected chi connectivity index (χ1v) is 4.37. The van der Waals surface area contributed by atoms with Gasteiger partial charge in [-0.25, -0.2) is 15.8 Å². The van der Waals surface area contributed by atoms with Crippen LogP contribution in [0.15, 0.2) is 19.0 Å². The number of anilines is 1. The average Bonchev–Trinajstić information content (AvgIpc) is 2.25. The van der Waals surface area contributed by atoms with E-state index >= 15 is 0 Å². The topological polar surface area (TPSA) is 73.1 Å². The molecule has 5 heteroatoms. The second kappa shape index (κ2) is 5.18. The minimum absolute atomic E-state index is 0.425. The van der Waals surface area contributed by atoms with Gasteiger partial charge in [0.05, 0.1) is 5.56 Å². The molecule has 0 radical (unpaired) electrons. The van der Waals surface area contributed by atoms with Crippen LogP contribution >= 0.6 is 0 Å². The van der Waals surface area contributed by atoms with E-state index in [1.165, 1.54) is 6.33 Å². The van der Waals surface area contributed by atoms with Crippen LogP contribution in [0.25, 0.3) is 0 Å². The molecule has 1 heterocycles. The maximum absolute atomic E-state index is 5.35. The van der Waals surface area contributed by atoms with Gasteiger partial charge in [0.15, 0.2) is 0 Å². The van der Waals surface area contributed by atoms with Crippen molar-refractivity contribution >= 4 is 5.82 Å². The number of rotatable bonds is 5. The monoisotopic (exact) mass is 194 g/mol. The molecular formula is C9H14N4O. The normalized spacial score (nSPS) is 9.57. The zero-order chi connectivity index (χ0) is 10.4. The largest absolute Gasteiger partial charge is 0.473 e. The summed E-state index contributed by atoms with van der Waals surface area (Å²) in [7, 11) is 0. The Bertz CT molecular complexity index is 314. The molecule has 5 nitrogen and oxygen atoms in total. The Morgan fingerprint density at radius 2 is 2.43 bits per heavy atom. The van der Waals surface area contributed by atoms with E-state index in [0.29, 0.717) is 18.3 Å². The molecule has 0 unspecified atom stereocenters. The summed E-state index contributed by atoms with van der Waals surface area (Å²) in [5.74, 6) is 6.46. The Balaban J connectivity index is 2.95. The van der Waals surface area contributed by atoms with Crippen molar-refractivity contribution < 1.29 is 4.74 Å². The van der Waals surface area contributed by atoms with E-state index in [2.05, 4.69) is 22.0 Å². The van der Waals surface area contributed by atoms with E-state index in [1.807, 2.05) is 6.92 Å². The van der Waals surface area contributed by atoms with E-state index in [4.69, 9.17) is 10.6 Å². The second-order valence-corrected chi connectivity index (χ2v) is 2.60. The number of nitrogens with zero attached hydrogens (tertiary/aromatic N) is 2. The van der Waals surface area contributed by atoms with Crippen molar-refractivity contribution in [2.75, 3.05) is 12.0 Å². The van der Waals surface area contributed by atoms with E-state index in [1.54, 1.807) is 6.08 Å². The van der Waals surface area contributed by atoms with Gasteiger partial charge in [-0.3, -0.25) is 0 Å². The number of nitrogens with two attached hydrogens (primary N) is 1. The predicted octanol–water partition coefficient (Wildman–Crippen LogP) is 0.889. The number of ether oxygens (including phenoxy) is 1. The van der Waals surface area contributed by atoms with Crippen molar-refractivity contribution in [1.29, 1.82) is 0 Å². The van der Waals surface area contributed by atoms with Gasteiger partial charge in [0.1, 0.15) is 18.8 Å². The molecule has 0 bridgehead atoms. The lowest BCUT2D eigenvalue weighted by molar-refractivity contribution is 0.344. The van der Waals surface area contributed by atoms with Crippen molar-refractivity contribution in [3.8, 4) is 5.88 Å². The van der Waals surface area contributed by atoms with Gasteiger partial charge in [-0.2, -0.15) is 0 Å². The summed E-state index contributed by atoms with van der Waals surface area (Å²) in [6.45, 7) is 5.98. The van der Waals surface area contributed by atoms with Gasteiger partial charge < -0.3 is 10.2 Å². The number of hydrazine groups is 1. The van der Waals surface area contributed by atoms with E-state index < -0.39 is 0 Å². The van der Waals surface area contributed by atoms with Crippen LogP contribution in [0.4, 0.5) is 5.82 Å². The average molecular weight is 194 g/mol. The van der Waals surface area contributed by atoms with Crippen LogP contribution in [0.5, 0.6) is 5.88 Å². The molecule has 0 fully saturated rings. The fraction of sp³-hybridized carbons (Fsp3) is 0.333.